The minimum atomic E-state index is -0.497. The Kier molecular flexibility index (Phi) is 4.00. The first-order valence-electron chi connectivity index (χ1n) is 6.86. The highest BCUT2D eigenvalue weighted by molar-refractivity contribution is 5.58. The molecule has 0 fully saturated rings. The molecule has 2 aromatic rings. The molecule has 4 heteroatoms. The van der Waals surface area contributed by atoms with Gasteiger partial charge in [-0.05, 0) is 30.9 Å². The summed E-state index contributed by atoms with van der Waals surface area (Å²) in [5.41, 5.74) is 8.00. The molecular weight excluding hydrogens is 238 g/mol. The highest BCUT2D eigenvalue weighted by Gasteiger charge is 2.29. The molecule has 102 valence electrons. The third-order valence-electron chi connectivity index (χ3n) is 3.76. The monoisotopic (exact) mass is 259 g/mol. The van der Waals surface area contributed by atoms with Crippen molar-refractivity contribution in [3.8, 4) is 11.5 Å². The van der Waals surface area contributed by atoms with Crippen molar-refractivity contribution in [3.05, 3.63) is 35.7 Å². The molecule has 1 aromatic carbocycles. The molecule has 19 heavy (non-hydrogen) atoms. The maximum absolute atomic E-state index is 6.29. The van der Waals surface area contributed by atoms with Crippen LogP contribution in [0.15, 0.2) is 28.8 Å². The third-order valence-corrected chi connectivity index (χ3v) is 3.76. The molecule has 0 aliphatic carbocycles. The van der Waals surface area contributed by atoms with E-state index in [1.54, 1.807) is 0 Å². The lowest BCUT2D eigenvalue weighted by atomic mass is 9.93. The van der Waals surface area contributed by atoms with Gasteiger partial charge in [0.05, 0.1) is 5.54 Å². The van der Waals surface area contributed by atoms with Crippen LogP contribution in [0.2, 0.25) is 0 Å². The Morgan fingerprint density at radius 1 is 1.16 bits per heavy atom. The highest BCUT2D eigenvalue weighted by atomic mass is 16.5. The molecule has 0 spiro atoms. The van der Waals surface area contributed by atoms with E-state index in [-0.39, 0.29) is 0 Å². The van der Waals surface area contributed by atoms with Crippen LogP contribution in [-0.4, -0.2) is 10.1 Å². The Labute approximate surface area is 114 Å². The summed E-state index contributed by atoms with van der Waals surface area (Å²) in [6.07, 6.45) is 2.51. The summed E-state index contributed by atoms with van der Waals surface area (Å²) in [4.78, 5) is 4.50. The van der Waals surface area contributed by atoms with Crippen molar-refractivity contribution >= 4 is 0 Å². The van der Waals surface area contributed by atoms with Gasteiger partial charge >= 0.3 is 0 Å². The minimum absolute atomic E-state index is 0.497. The maximum Gasteiger partial charge on any atom is 0.258 e. The number of benzene rings is 1. The van der Waals surface area contributed by atoms with Gasteiger partial charge in [0.15, 0.2) is 5.82 Å². The van der Waals surface area contributed by atoms with Crippen LogP contribution in [0.3, 0.4) is 0 Å². The second-order valence-corrected chi connectivity index (χ2v) is 4.80. The standard InChI is InChI=1S/C15H21N3O/c1-4-11-9-7-8-10-12(11)13-17-14(18-19-13)15(16,5-2)6-3/h7-10H,4-6,16H2,1-3H3. The van der Waals surface area contributed by atoms with Crippen molar-refractivity contribution in [1.29, 1.82) is 0 Å². The van der Waals surface area contributed by atoms with E-state index in [1.165, 1.54) is 5.56 Å². The quantitative estimate of drug-likeness (QED) is 0.895. The number of aromatic nitrogens is 2. The van der Waals surface area contributed by atoms with Crippen LogP contribution in [0, 0.1) is 0 Å². The van der Waals surface area contributed by atoms with Gasteiger partial charge in [-0.2, -0.15) is 4.98 Å². The molecule has 2 rings (SSSR count). The Hall–Kier alpha value is -1.68. The van der Waals surface area contributed by atoms with E-state index < -0.39 is 5.54 Å². The SMILES string of the molecule is CCc1ccccc1-c1nc(C(N)(CC)CC)no1. The fourth-order valence-electron chi connectivity index (χ4n) is 2.14. The Morgan fingerprint density at radius 2 is 1.84 bits per heavy atom. The molecular formula is C15H21N3O. The van der Waals surface area contributed by atoms with Gasteiger partial charge in [-0.3, -0.25) is 0 Å². The van der Waals surface area contributed by atoms with Gasteiger partial charge < -0.3 is 10.3 Å². The van der Waals surface area contributed by atoms with Gasteiger partial charge in [0.2, 0.25) is 0 Å². The van der Waals surface area contributed by atoms with E-state index in [2.05, 4.69) is 23.1 Å². The van der Waals surface area contributed by atoms with Crippen molar-refractivity contribution in [2.75, 3.05) is 0 Å². The summed E-state index contributed by atoms with van der Waals surface area (Å²) in [7, 11) is 0. The first kappa shape index (κ1) is 13.7. The lowest BCUT2D eigenvalue weighted by molar-refractivity contribution is 0.350. The molecule has 0 amide bonds. The zero-order chi connectivity index (χ0) is 13.9. The lowest BCUT2D eigenvalue weighted by Crippen LogP contribution is -2.36. The predicted octanol–water partition coefficient (Wildman–Crippen LogP) is 3.27. The largest absolute Gasteiger partial charge is 0.334 e. The first-order valence-corrected chi connectivity index (χ1v) is 6.86. The highest BCUT2D eigenvalue weighted by Crippen LogP contribution is 2.27. The second-order valence-electron chi connectivity index (χ2n) is 4.80. The summed E-state index contributed by atoms with van der Waals surface area (Å²) in [6, 6.07) is 8.08. The molecule has 0 atom stereocenters. The van der Waals surface area contributed by atoms with Crippen molar-refractivity contribution in [2.24, 2.45) is 5.73 Å². The normalized spacial score (nSPS) is 11.8. The smallest absolute Gasteiger partial charge is 0.258 e. The average Bonchev–Trinajstić information content (AvgIpc) is 2.96. The Morgan fingerprint density at radius 3 is 2.47 bits per heavy atom. The number of nitrogens with zero attached hydrogens (tertiary/aromatic N) is 2. The molecule has 0 saturated carbocycles. The van der Waals surface area contributed by atoms with Crippen LogP contribution in [0.5, 0.6) is 0 Å². The number of hydrogen-bond acceptors (Lipinski definition) is 4. The maximum atomic E-state index is 6.29. The molecule has 0 radical (unpaired) electrons. The summed E-state index contributed by atoms with van der Waals surface area (Å²) < 4.78 is 5.40. The summed E-state index contributed by atoms with van der Waals surface area (Å²) >= 11 is 0. The molecule has 0 unspecified atom stereocenters. The predicted molar refractivity (Wildman–Crippen MR) is 75.6 cm³/mol. The van der Waals surface area contributed by atoms with Crippen LogP contribution in [0.4, 0.5) is 0 Å². The van der Waals surface area contributed by atoms with Crippen LogP contribution in [-0.2, 0) is 12.0 Å². The molecule has 1 heterocycles. The van der Waals surface area contributed by atoms with Crippen LogP contribution in [0.25, 0.3) is 11.5 Å². The third kappa shape index (κ3) is 2.54. The molecule has 4 nitrogen and oxygen atoms in total. The van der Waals surface area contributed by atoms with E-state index in [0.717, 1.165) is 24.8 Å². The summed E-state index contributed by atoms with van der Waals surface area (Å²) in [5.74, 6) is 1.16. The van der Waals surface area contributed by atoms with Crippen molar-refractivity contribution in [2.45, 2.75) is 45.6 Å². The van der Waals surface area contributed by atoms with Crippen LogP contribution in [0.1, 0.15) is 45.0 Å². The first-order chi connectivity index (χ1) is 9.14. The molecule has 0 bridgehead atoms. The van der Waals surface area contributed by atoms with E-state index in [4.69, 9.17) is 10.3 Å². The number of nitrogens with two attached hydrogens (primary N) is 1. The molecule has 1 aromatic heterocycles. The second kappa shape index (κ2) is 5.53. The number of hydrogen-bond donors (Lipinski definition) is 1. The zero-order valence-electron chi connectivity index (χ0n) is 11.8. The Bertz CT molecular complexity index is 544. The van der Waals surface area contributed by atoms with Crippen molar-refractivity contribution in [3.63, 3.8) is 0 Å². The molecule has 0 aliphatic heterocycles. The topological polar surface area (TPSA) is 64.9 Å². The van der Waals surface area contributed by atoms with Crippen molar-refractivity contribution in [1.82, 2.24) is 10.1 Å². The fraction of sp³-hybridized carbons (Fsp3) is 0.467. The molecule has 0 aliphatic rings. The number of rotatable bonds is 5. The summed E-state index contributed by atoms with van der Waals surface area (Å²) in [5, 5.41) is 4.07. The molecule has 0 saturated heterocycles. The number of aryl methyl sites for hydroxylation is 1. The van der Waals surface area contributed by atoms with E-state index >= 15 is 0 Å². The van der Waals surface area contributed by atoms with Gasteiger partial charge in [0, 0.05) is 5.56 Å². The fourth-order valence-corrected chi connectivity index (χ4v) is 2.14. The van der Waals surface area contributed by atoms with Gasteiger partial charge in [-0.1, -0.05) is 44.1 Å². The van der Waals surface area contributed by atoms with E-state index in [9.17, 15) is 0 Å². The minimum Gasteiger partial charge on any atom is -0.334 e. The zero-order valence-corrected chi connectivity index (χ0v) is 11.8. The average molecular weight is 259 g/mol. The van der Waals surface area contributed by atoms with Gasteiger partial charge in [-0.25, -0.2) is 0 Å². The van der Waals surface area contributed by atoms with Crippen LogP contribution < -0.4 is 5.73 Å². The van der Waals surface area contributed by atoms with E-state index in [0.29, 0.717) is 11.7 Å². The van der Waals surface area contributed by atoms with Gasteiger partial charge in [0.25, 0.3) is 5.89 Å². The van der Waals surface area contributed by atoms with Crippen LogP contribution >= 0.6 is 0 Å². The molecule has 2 N–H and O–H groups in total. The lowest BCUT2D eigenvalue weighted by Gasteiger charge is -2.21. The van der Waals surface area contributed by atoms with Gasteiger partial charge in [0.1, 0.15) is 0 Å². The Balaban J connectivity index is 2.41. The summed E-state index contributed by atoms with van der Waals surface area (Å²) in [6.45, 7) is 6.19. The van der Waals surface area contributed by atoms with Gasteiger partial charge in [-0.15, -0.1) is 0 Å². The van der Waals surface area contributed by atoms with E-state index in [1.807, 2.05) is 32.0 Å². The van der Waals surface area contributed by atoms with Crippen molar-refractivity contribution < 1.29 is 4.52 Å².